The van der Waals surface area contributed by atoms with Gasteiger partial charge in [-0.25, -0.2) is 0 Å². The molecule has 0 spiro atoms. The molecule has 0 aromatic carbocycles. The third kappa shape index (κ3) is 18.6. The van der Waals surface area contributed by atoms with Crippen LogP contribution in [0.3, 0.4) is 0 Å². The van der Waals surface area contributed by atoms with E-state index in [1.165, 1.54) is 0 Å². The topological polar surface area (TPSA) is 38.4 Å². The summed E-state index contributed by atoms with van der Waals surface area (Å²) in [6.45, 7) is 1.74. The van der Waals surface area contributed by atoms with Gasteiger partial charge in [-0.3, -0.25) is 0 Å². The zero-order chi connectivity index (χ0) is 6.95. The van der Waals surface area contributed by atoms with E-state index in [4.69, 9.17) is 5.73 Å². The maximum absolute atomic E-state index is 5.29. The van der Waals surface area contributed by atoms with Gasteiger partial charge < -0.3 is 0 Å². The van der Waals surface area contributed by atoms with Crippen molar-refractivity contribution in [2.45, 2.75) is 0 Å². The van der Waals surface area contributed by atoms with Crippen LogP contribution < -0.4 is 5.73 Å². The summed E-state index contributed by atoms with van der Waals surface area (Å²) in [5.74, 6) is 2.17. The fourth-order valence-corrected chi connectivity index (χ4v) is 2.58. The Kier molecular flexibility index (Phi) is 30.1. The van der Waals surface area contributed by atoms with E-state index >= 15 is 0 Å². The first kappa shape index (κ1) is 18.6. The molecular formula is C4H12Cl2N2S2Te. The Morgan fingerprint density at radius 3 is 2.18 bits per heavy atom. The van der Waals surface area contributed by atoms with Crippen LogP contribution in [0.25, 0.3) is 0 Å². The molecule has 11 heavy (non-hydrogen) atoms. The summed E-state index contributed by atoms with van der Waals surface area (Å²) in [7, 11) is 3.67. The standard InChI is InChI=1S/C4H10N2S2Te.2ClH/c5-1-3-7-8-4-2-6-9;;/h1-5H2;2*1H. The van der Waals surface area contributed by atoms with Gasteiger partial charge in [0.15, 0.2) is 0 Å². The Morgan fingerprint density at radius 1 is 1.18 bits per heavy atom. The molecule has 0 amide bonds. The molecule has 0 aliphatic heterocycles. The van der Waals surface area contributed by atoms with Crippen LogP contribution in [0.4, 0.5) is 0 Å². The fourth-order valence-electron chi connectivity index (χ4n) is 0.240. The van der Waals surface area contributed by atoms with E-state index in [0.29, 0.717) is 0 Å². The average molecular weight is 351 g/mol. The van der Waals surface area contributed by atoms with Crippen molar-refractivity contribution in [1.82, 2.24) is 0 Å². The molecule has 0 saturated carbocycles. The molecule has 70 valence electrons. The van der Waals surface area contributed by atoms with Crippen molar-refractivity contribution >= 4 is 68.5 Å². The van der Waals surface area contributed by atoms with Gasteiger partial charge in [0.25, 0.3) is 0 Å². The predicted octanol–water partition coefficient (Wildman–Crippen LogP) is 1.52. The van der Waals surface area contributed by atoms with E-state index in [2.05, 4.69) is 3.18 Å². The Bertz CT molecular complexity index is 79.1. The summed E-state index contributed by atoms with van der Waals surface area (Å²) in [5, 5.41) is 0. The van der Waals surface area contributed by atoms with Gasteiger partial charge in [-0.15, -0.1) is 24.8 Å². The van der Waals surface area contributed by atoms with Crippen LogP contribution in [0, 0.1) is 0 Å². The van der Waals surface area contributed by atoms with Crippen LogP contribution in [-0.4, -0.2) is 46.7 Å². The van der Waals surface area contributed by atoms with Crippen LogP contribution in [0.1, 0.15) is 0 Å². The third-order valence-corrected chi connectivity index (χ3v) is 3.49. The first-order valence-corrected chi connectivity index (χ1v) is 6.18. The molecule has 0 aromatic rings. The monoisotopic (exact) mass is 352 g/mol. The van der Waals surface area contributed by atoms with Crippen molar-refractivity contribution in [2.24, 2.45) is 8.92 Å². The van der Waals surface area contributed by atoms with Crippen molar-refractivity contribution in [1.29, 1.82) is 0 Å². The number of hydrogen-bond donors (Lipinski definition) is 1. The van der Waals surface area contributed by atoms with Crippen molar-refractivity contribution in [3.63, 3.8) is 0 Å². The summed E-state index contributed by atoms with van der Waals surface area (Å²) in [6.07, 6.45) is 0. The van der Waals surface area contributed by atoms with Crippen LogP contribution in [0.15, 0.2) is 3.18 Å². The van der Waals surface area contributed by atoms with E-state index in [9.17, 15) is 0 Å². The Hall–Kier alpha value is 1.83. The van der Waals surface area contributed by atoms with Crippen LogP contribution in [0.5, 0.6) is 0 Å². The number of halogens is 2. The molecule has 0 saturated heterocycles. The number of nitrogens with zero attached hydrogens (tertiary/aromatic N) is 1. The second kappa shape index (κ2) is 17.8. The zero-order valence-electron chi connectivity index (χ0n) is 5.89. The van der Waals surface area contributed by atoms with E-state index in [1.807, 2.05) is 21.6 Å². The van der Waals surface area contributed by atoms with Gasteiger partial charge in [0.2, 0.25) is 0 Å². The molecule has 0 unspecified atom stereocenters. The van der Waals surface area contributed by atoms with Crippen molar-refractivity contribution in [3.05, 3.63) is 0 Å². The first-order valence-electron chi connectivity index (χ1n) is 2.65. The molecule has 0 aromatic heterocycles. The molecule has 7 heteroatoms. The van der Waals surface area contributed by atoms with Crippen molar-refractivity contribution < 1.29 is 0 Å². The quantitative estimate of drug-likeness (QED) is 0.448. The summed E-state index contributed by atoms with van der Waals surface area (Å²) in [4.78, 5) is 0. The summed E-state index contributed by atoms with van der Waals surface area (Å²) < 4.78 is 3.98. The Balaban J connectivity index is -0.000000320. The number of rotatable bonds is 6. The molecule has 2 N–H and O–H groups in total. The summed E-state index contributed by atoms with van der Waals surface area (Å²) in [5.41, 5.74) is 5.29. The minimum absolute atomic E-state index is 0. The molecular weight excluding hydrogens is 339 g/mol. The maximum atomic E-state index is 5.29. The SMILES string of the molecule is Cl.Cl.NCCSSCCN=[Te]. The summed E-state index contributed by atoms with van der Waals surface area (Å²) in [6, 6.07) is 0. The van der Waals surface area contributed by atoms with Crippen molar-refractivity contribution in [3.8, 4) is 0 Å². The van der Waals surface area contributed by atoms with E-state index in [1.54, 1.807) is 22.1 Å². The van der Waals surface area contributed by atoms with E-state index in [-0.39, 0.29) is 24.8 Å². The van der Waals surface area contributed by atoms with Crippen molar-refractivity contribution in [2.75, 3.05) is 24.6 Å². The van der Waals surface area contributed by atoms with Gasteiger partial charge in [-0.05, 0) is 0 Å². The number of hydrogen-bond acceptors (Lipinski definition) is 4. The van der Waals surface area contributed by atoms with E-state index < -0.39 is 0 Å². The second-order valence-electron chi connectivity index (χ2n) is 1.29. The van der Waals surface area contributed by atoms with Gasteiger partial charge in [0, 0.05) is 0 Å². The molecule has 0 atom stereocenters. The summed E-state index contributed by atoms with van der Waals surface area (Å²) >= 11 is 1.78. The van der Waals surface area contributed by atoms with Gasteiger partial charge in [0.05, 0.1) is 0 Å². The Labute approximate surface area is 101 Å². The van der Waals surface area contributed by atoms with Crippen LogP contribution >= 0.6 is 46.4 Å². The molecule has 0 rings (SSSR count). The molecule has 0 fully saturated rings. The molecule has 2 nitrogen and oxygen atoms in total. The Morgan fingerprint density at radius 2 is 1.73 bits per heavy atom. The van der Waals surface area contributed by atoms with Gasteiger partial charge in [-0.2, -0.15) is 0 Å². The number of nitrogens with two attached hydrogens (primary N) is 1. The van der Waals surface area contributed by atoms with Crippen LogP contribution in [-0.2, 0) is 0 Å². The fraction of sp³-hybridized carbons (Fsp3) is 1.00. The molecule has 0 radical (unpaired) electrons. The molecule has 0 aliphatic carbocycles. The van der Waals surface area contributed by atoms with Gasteiger partial charge in [-0.1, -0.05) is 0 Å². The van der Waals surface area contributed by atoms with Gasteiger partial charge in [0.1, 0.15) is 0 Å². The van der Waals surface area contributed by atoms with E-state index in [0.717, 1.165) is 24.6 Å². The van der Waals surface area contributed by atoms with Crippen LogP contribution in [0.2, 0.25) is 0 Å². The molecule has 0 heterocycles. The molecule has 0 aliphatic rings. The second-order valence-corrected chi connectivity index (χ2v) is 4.72. The minimum atomic E-state index is 0. The third-order valence-electron chi connectivity index (χ3n) is 0.550. The molecule has 0 bridgehead atoms. The normalized spacial score (nSPS) is 7.73. The predicted molar refractivity (Wildman–Crippen MR) is 61.5 cm³/mol. The van der Waals surface area contributed by atoms with Gasteiger partial charge >= 0.3 is 77.2 Å². The zero-order valence-corrected chi connectivity index (χ0v) is 11.5. The average Bonchev–Trinajstić information content (AvgIpc) is 1.89. The first-order chi connectivity index (χ1) is 4.41.